The van der Waals surface area contributed by atoms with Gasteiger partial charge in [0.15, 0.2) is 0 Å². The SMILES string of the molecule is COCC(O)CCNC(=O)c1sccc1OC. The summed E-state index contributed by atoms with van der Waals surface area (Å²) in [5.74, 6) is 0.395. The molecule has 0 saturated heterocycles. The number of amides is 1. The molecule has 1 unspecified atom stereocenters. The molecule has 0 aliphatic heterocycles. The summed E-state index contributed by atoms with van der Waals surface area (Å²) in [5, 5.41) is 13.9. The monoisotopic (exact) mass is 259 g/mol. The van der Waals surface area contributed by atoms with Crippen LogP contribution in [0.1, 0.15) is 16.1 Å². The summed E-state index contributed by atoms with van der Waals surface area (Å²) in [6, 6.07) is 1.75. The van der Waals surface area contributed by atoms with Crippen molar-refractivity contribution in [2.45, 2.75) is 12.5 Å². The highest BCUT2D eigenvalue weighted by molar-refractivity contribution is 7.12. The first-order chi connectivity index (χ1) is 8.19. The normalized spacial score (nSPS) is 12.2. The molecule has 1 heterocycles. The van der Waals surface area contributed by atoms with E-state index in [0.29, 0.717) is 23.6 Å². The molecule has 5 nitrogen and oxygen atoms in total. The fourth-order valence-corrected chi connectivity index (χ4v) is 2.11. The van der Waals surface area contributed by atoms with Crippen molar-refractivity contribution in [3.05, 3.63) is 16.3 Å². The van der Waals surface area contributed by atoms with Crippen molar-refractivity contribution in [2.75, 3.05) is 27.4 Å². The molecule has 0 radical (unpaired) electrons. The molecular weight excluding hydrogens is 242 g/mol. The van der Waals surface area contributed by atoms with Gasteiger partial charge in [0.1, 0.15) is 10.6 Å². The lowest BCUT2D eigenvalue weighted by Crippen LogP contribution is -2.28. The van der Waals surface area contributed by atoms with Crippen molar-refractivity contribution in [3.63, 3.8) is 0 Å². The largest absolute Gasteiger partial charge is 0.495 e. The molecule has 0 aromatic carbocycles. The zero-order valence-electron chi connectivity index (χ0n) is 9.93. The molecule has 2 N–H and O–H groups in total. The first-order valence-corrected chi connectivity index (χ1v) is 6.13. The fourth-order valence-electron chi connectivity index (χ4n) is 1.33. The van der Waals surface area contributed by atoms with E-state index < -0.39 is 6.10 Å². The van der Waals surface area contributed by atoms with E-state index >= 15 is 0 Å². The molecule has 0 fully saturated rings. The maximum absolute atomic E-state index is 11.7. The van der Waals surface area contributed by atoms with Gasteiger partial charge in [-0.15, -0.1) is 11.3 Å². The molecule has 1 amide bonds. The number of hydrogen-bond donors (Lipinski definition) is 2. The Balaban J connectivity index is 2.35. The smallest absolute Gasteiger partial charge is 0.265 e. The number of aliphatic hydroxyl groups is 1. The Bertz CT molecular complexity index is 353. The molecule has 96 valence electrons. The molecule has 0 aliphatic rings. The Hall–Kier alpha value is -1.11. The van der Waals surface area contributed by atoms with Crippen LogP contribution >= 0.6 is 11.3 Å². The van der Waals surface area contributed by atoms with Gasteiger partial charge in [0, 0.05) is 13.7 Å². The summed E-state index contributed by atoms with van der Waals surface area (Å²) in [5.41, 5.74) is 0. The molecule has 0 spiro atoms. The lowest BCUT2D eigenvalue weighted by atomic mass is 10.2. The first kappa shape index (κ1) is 14.0. The van der Waals surface area contributed by atoms with E-state index in [9.17, 15) is 9.90 Å². The third kappa shape index (κ3) is 4.33. The van der Waals surface area contributed by atoms with E-state index in [0.717, 1.165) is 0 Å². The zero-order chi connectivity index (χ0) is 12.7. The lowest BCUT2D eigenvalue weighted by Gasteiger charge is -2.10. The molecule has 1 aromatic rings. The average Bonchev–Trinajstić information content (AvgIpc) is 2.77. The predicted molar refractivity (Wildman–Crippen MR) is 65.7 cm³/mol. The van der Waals surface area contributed by atoms with Crippen LogP contribution in [0.5, 0.6) is 5.75 Å². The zero-order valence-corrected chi connectivity index (χ0v) is 10.8. The van der Waals surface area contributed by atoms with Crippen molar-refractivity contribution >= 4 is 17.2 Å². The second-order valence-electron chi connectivity index (χ2n) is 3.47. The number of nitrogens with one attached hydrogen (secondary N) is 1. The van der Waals surface area contributed by atoms with Gasteiger partial charge in [-0.05, 0) is 17.9 Å². The van der Waals surface area contributed by atoms with Crippen molar-refractivity contribution < 1.29 is 19.4 Å². The number of hydrogen-bond acceptors (Lipinski definition) is 5. The third-order valence-corrected chi connectivity index (χ3v) is 3.07. The van der Waals surface area contributed by atoms with E-state index in [2.05, 4.69) is 5.32 Å². The second kappa shape index (κ2) is 7.26. The molecule has 0 saturated carbocycles. The predicted octanol–water partition coefficient (Wildman–Crippen LogP) is 0.884. The average molecular weight is 259 g/mol. The Morgan fingerprint density at radius 2 is 2.35 bits per heavy atom. The van der Waals surface area contributed by atoms with Crippen molar-refractivity contribution in [1.29, 1.82) is 0 Å². The Labute approximate surface area is 104 Å². The van der Waals surface area contributed by atoms with Crippen LogP contribution in [-0.2, 0) is 4.74 Å². The number of thiophene rings is 1. The molecular formula is C11H17NO4S. The van der Waals surface area contributed by atoms with E-state index in [1.165, 1.54) is 25.6 Å². The van der Waals surface area contributed by atoms with Gasteiger partial charge in [-0.2, -0.15) is 0 Å². The van der Waals surface area contributed by atoms with Crippen molar-refractivity contribution in [1.82, 2.24) is 5.32 Å². The number of methoxy groups -OCH3 is 2. The van der Waals surface area contributed by atoms with E-state index in [1.54, 1.807) is 11.4 Å². The van der Waals surface area contributed by atoms with E-state index in [-0.39, 0.29) is 12.5 Å². The third-order valence-electron chi connectivity index (χ3n) is 2.18. The fraction of sp³-hybridized carbons (Fsp3) is 0.545. The van der Waals surface area contributed by atoms with Gasteiger partial charge in [-0.1, -0.05) is 0 Å². The van der Waals surface area contributed by atoms with Crippen LogP contribution in [0.4, 0.5) is 0 Å². The standard InChI is InChI=1S/C11H17NO4S/c1-15-7-8(13)3-5-12-11(14)10-9(16-2)4-6-17-10/h4,6,8,13H,3,5,7H2,1-2H3,(H,12,14). The Kier molecular flexibility index (Phi) is 5.96. The van der Waals surface area contributed by atoms with Crippen LogP contribution in [0.3, 0.4) is 0 Å². The maximum Gasteiger partial charge on any atom is 0.265 e. The van der Waals surface area contributed by atoms with Gasteiger partial charge in [0.25, 0.3) is 5.91 Å². The van der Waals surface area contributed by atoms with Gasteiger partial charge in [-0.3, -0.25) is 4.79 Å². The van der Waals surface area contributed by atoms with Crippen molar-refractivity contribution in [2.24, 2.45) is 0 Å². The summed E-state index contributed by atoms with van der Waals surface area (Å²) < 4.78 is 9.84. The molecule has 17 heavy (non-hydrogen) atoms. The second-order valence-corrected chi connectivity index (χ2v) is 4.39. The topological polar surface area (TPSA) is 67.8 Å². The molecule has 1 aromatic heterocycles. The van der Waals surface area contributed by atoms with E-state index in [4.69, 9.17) is 9.47 Å². The molecule has 0 bridgehead atoms. The lowest BCUT2D eigenvalue weighted by molar-refractivity contribution is 0.0588. The maximum atomic E-state index is 11.7. The summed E-state index contributed by atoms with van der Waals surface area (Å²) in [6.45, 7) is 0.683. The van der Waals surface area contributed by atoms with Crippen LogP contribution in [0.25, 0.3) is 0 Å². The molecule has 6 heteroatoms. The summed E-state index contributed by atoms with van der Waals surface area (Å²) in [7, 11) is 3.06. The summed E-state index contributed by atoms with van der Waals surface area (Å²) in [4.78, 5) is 12.3. The minimum absolute atomic E-state index is 0.179. The number of aliphatic hydroxyl groups excluding tert-OH is 1. The summed E-state index contributed by atoms with van der Waals surface area (Å²) >= 11 is 1.33. The summed E-state index contributed by atoms with van der Waals surface area (Å²) in [6.07, 6.45) is -0.0849. The highest BCUT2D eigenvalue weighted by Crippen LogP contribution is 2.23. The molecule has 0 aliphatic carbocycles. The molecule has 1 atom stereocenters. The van der Waals surface area contributed by atoms with Crippen LogP contribution in [0.2, 0.25) is 0 Å². The Morgan fingerprint density at radius 1 is 1.59 bits per heavy atom. The first-order valence-electron chi connectivity index (χ1n) is 5.25. The Morgan fingerprint density at radius 3 is 3.00 bits per heavy atom. The highest BCUT2D eigenvalue weighted by Gasteiger charge is 2.13. The van der Waals surface area contributed by atoms with Crippen LogP contribution in [0, 0.1) is 0 Å². The van der Waals surface area contributed by atoms with Gasteiger partial charge >= 0.3 is 0 Å². The van der Waals surface area contributed by atoms with Crippen molar-refractivity contribution in [3.8, 4) is 5.75 Å². The number of carbonyl (C=O) groups excluding carboxylic acids is 1. The van der Waals surface area contributed by atoms with Crippen LogP contribution in [-0.4, -0.2) is 44.5 Å². The van der Waals surface area contributed by atoms with E-state index in [1.807, 2.05) is 0 Å². The minimum atomic E-state index is -0.550. The quantitative estimate of drug-likeness (QED) is 0.763. The minimum Gasteiger partial charge on any atom is -0.495 e. The van der Waals surface area contributed by atoms with Gasteiger partial charge in [0.05, 0.1) is 19.8 Å². The van der Waals surface area contributed by atoms with Gasteiger partial charge < -0.3 is 19.9 Å². The number of rotatable bonds is 7. The highest BCUT2D eigenvalue weighted by atomic mass is 32.1. The van der Waals surface area contributed by atoms with Gasteiger partial charge in [0.2, 0.25) is 0 Å². The van der Waals surface area contributed by atoms with Crippen LogP contribution < -0.4 is 10.1 Å². The van der Waals surface area contributed by atoms with Crippen LogP contribution in [0.15, 0.2) is 11.4 Å². The molecule has 1 rings (SSSR count). The van der Waals surface area contributed by atoms with Gasteiger partial charge in [-0.25, -0.2) is 0 Å². The number of ether oxygens (including phenoxy) is 2. The number of carbonyl (C=O) groups is 1.